The van der Waals surface area contributed by atoms with Gasteiger partial charge in [0.05, 0.1) is 25.2 Å². The van der Waals surface area contributed by atoms with Gasteiger partial charge in [0.2, 0.25) is 0 Å². The number of carbonyl (C=O) groups excluding carboxylic acids is 1. The van der Waals surface area contributed by atoms with Gasteiger partial charge in [-0.15, -0.1) is 0 Å². The Balaban J connectivity index is 0.000000168. The summed E-state index contributed by atoms with van der Waals surface area (Å²) >= 11 is 0. The van der Waals surface area contributed by atoms with Crippen molar-refractivity contribution in [2.24, 2.45) is 0 Å². The molecule has 1 unspecified atom stereocenters. The van der Waals surface area contributed by atoms with E-state index >= 15 is 0 Å². The van der Waals surface area contributed by atoms with Crippen LogP contribution in [0.1, 0.15) is 29.8 Å². The van der Waals surface area contributed by atoms with E-state index in [2.05, 4.69) is 0 Å². The molecule has 4 aromatic carbocycles. The van der Waals surface area contributed by atoms with Crippen molar-refractivity contribution in [3.8, 4) is 28.6 Å². The van der Waals surface area contributed by atoms with Crippen LogP contribution in [0.25, 0.3) is 33.3 Å². The highest BCUT2D eigenvalue weighted by molar-refractivity contribution is 5.89. The second-order valence-electron chi connectivity index (χ2n) is 11.5. The highest BCUT2D eigenvalue weighted by atomic mass is 16.6. The number of rotatable bonds is 6. The van der Waals surface area contributed by atoms with E-state index in [0.29, 0.717) is 51.5 Å². The van der Waals surface area contributed by atoms with Crippen molar-refractivity contribution in [3.63, 3.8) is 0 Å². The molecule has 47 heavy (non-hydrogen) atoms. The standard InChI is InChI=1S/C21H18O5.C17H14O4/c1-21(2,26-20(23)13-6-4-3-5-7-13)18-11-15-10-14-8-9-19(22)25-16(14)12-17(15)24-18;1-19-12-5-3-4-11(8-12)16-10-15(18)14-7-6-13(20-2)9-17(14)21-16/h3-10,12,18H,11H2,1-2H3;3-10H,1-2H3. The summed E-state index contributed by atoms with van der Waals surface area (Å²) in [5, 5.41) is 1.37. The molecule has 7 rings (SSSR count). The maximum atomic E-state index is 12.4. The summed E-state index contributed by atoms with van der Waals surface area (Å²) in [6.07, 6.45) is 0.285. The fourth-order valence-electron chi connectivity index (χ4n) is 5.31. The van der Waals surface area contributed by atoms with Crippen LogP contribution in [-0.4, -0.2) is 31.9 Å². The van der Waals surface area contributed by atoms with Gasteiger partial charge in [0.1, 0.15) is 45.9 Å². The zero-order valence-corrected chi connectivity index (χ0v) is 26.3. The smallest absolute Gasteiger partial charge is 0.338 e. The number of ether oxygens (including phenoxy) is 4. The molecule has 0 fully saturated rings. The number of carbonyl (C=O) groups is 1. The summed E-state index contributed by atoms with van der Waals surface area (Å²) in [5.74, 6) is 2.13. The van der Waals surface area contributed by atoms with Gasteiger partial charge < -0.3 is 27.8 Å². The molecule has 0 amide bonds. The quantitative estimate of drug-likeness (QED) is 0.139. The molecule has 9 nitrogen and oxygen atoms in total. The van der Waals surface area contributed by atoms with Gasteiger partial charge >= 0.3 is 11.6 Å². The Morgan fingerprint density at radius 2 is 1.53 bits per heavy atom. The molecule has 238 valence electrons. The second kappa shape index (κ2) is 12.9. The number of fused-ring (bicyclic) bond motifs is 3. The largest absolute Gasteiger partial charge is 0.497 e. The molecular weight excluding hydrogens is 600 g/mol. The summed E-state index contributed by atoms with van der Waals surface area (Å²) in [4.78, 5) is 36.0. The van der Waals surface area contributed by atoms with Crippen molar-refractivity contribution >= 4 is 27.9 Å². The topological polar surface area (TPSA) is 114 Å². The van der Waals surface area contributed by atoms with E-state index in [4.69, 9.17) is 27.8 Å². The monoisotopic (exact) mass is 632 g/mol. The molecule has 0 aliphatic carbocycles. The van der Waals surface area contributed by atoms with Crippen molar-refractivity contribution in [2.45, 2.75) is 32.0 Å². The Bertz CT molecular complexity index is 2200. The number of benzene rings is 4. The van der Waals surface area contributed by atoms with Crippen molar-refractivity contribution in [1.29, 1.82) is 0 Å². The summed E-state index contributed by atoms with van der Waals surface area (Å²) in [6, 6.07) is 29.7. The van der Waals surface area contributed by atoms with E-state index in [9.17, 15) is 14.4 Å². The zero-order chi connectivity index (χ0) is 33.1. The molecule has 0 N–H and O–H groups in total. The Morgan fingerprint density at radius 3 is 2.30 bits per heavy atom. The molecule has 0 spiro atoms. The van der Waals surface area contributed by atoms with Crippen LogP contribution in [0.3, 0.4) is 0 Å². The first-order chi connectivity index (χ1) is 22.6. The van der Waals surface area contributed by atoms with Gasteiger partial charge in [-0.05, 0) is 67.9 Å². The molecule has 0 radical (unpaired) electrons. The van der Waals surface area contributed by atoms with E-state index in [-0.39, 0.29) is 17.5 Å². The third-order valence-electron chi connectivity index (χ3n) is 7.91. The SMILES string of the molecule is CC(C)(OC(=O)c1ccccc1)C1Cc2cc3ccc(=O)oc3cc2O1.COc1cccc(-c2cc(=O)c3ccc(OC)cc3o2)c1. The van der Waals surface area contributed by atoms with Crippen molar-refractivity contribution in [2.75, 3.05) is 14.2 Å². The minimum Gasteiger partial charge on any atom is -0.497 e. The van der Waals surface area contributed by atoms with Gasteiger partial charge in [-0.2, -0.15) is 0 Å². The molecule has 1 aliphatic heterocycles. The molecule has 0 saturated heterocycles. The second-order valence-corrected chi connectivity index (χ2v) is 11.5. The van der Waals surface area contributed by atoms with Crippen LogP contribution in [0.5, 0.6) is 17.2 Å². The van der Waals surface area contributed by atoms with Crippen LogP contribution >= 0.6 is 0 Å². The first kappa shape index (κ1) is 31.2. The Labute approximate surface area is 269 Å². The van der Waals surface area contributed by atoms with Crippen LogP contribution in [0.2, 0.25) is 0 Å². The third-order valence-corrected chi connectivity index (χ3v) is 7.91. The highest BCUT2D eigenvalue weighted by Gasteiger charge is 2.40. The first-order valence-corrected chi connectivity index (χ1v) is 14.9. The maximum absolute atomic E-state index is 12.4. The summed E-state index contributed by atoms with van der Waals surface area (Å²) < 4.78 is 33.1. The fraction of sp³-hybridized carbons (Fsp3) is 0.184. The average Bonchev–Trinajstić information content (AvgIpc) is 3.51. The molecule has 3 heterocycles. The number of hydrogen-bond acceptors (Lipinski definition) is 9. The third kappa shape index (κ3) is 6.74. The van der Waals surface area contributed by atoms with Crippen LogP contribution in [-0.2, 0) is 11.2 Å². The molecule has 2 aromatic heterocycles. The van der Waals surface area contributed by atoms with E-state index in [0.717, 1.165) is 16.5 Å². The van der Waals surface area contributed by atoms with Gasteiger partial charge in [-0.1, -0.05) is 30.3 Å². The lowest BCUT2D eigenvalue weighted by Crippen LogP contribution is -2.43. The molecule has 9 heteroatoms. The fourth-order valence-corrected chi connectivity index (χ4v) is 5.31. The highest BCUT2D eigenvalue weighted by Crippen LogP contribution is 2.37. The maximum Gasteiger partial charge on any atom is 0.338 e. The predicted octanol–water partition coefficient (Wildman–Crippen LogP) is 7.21. The predicted molar refractivity (Wildman–Crippen MR) is 178 cm³/mol. The Morgan fingerprint density at radius 1 is 0.766 bits per heavy atom. The molecular formula is C38H32O9. The molecule has 6 aromatic rings. The summed E-state index contributed by atoms with van der Waals surface area (Å²) in [5.41, 5.74) is 1.97. The Hall–Kier alpha value is -5.83. The minimum absolute atomic E-state index is 0.0864. The van der Waals surface area contributed by atoms with Gasteiger partial charge in [0.15, 0.2) is 5.43 Å². The average molecular weight is 633 g/mol. The lowest BCUT2D eigenvalue weighted by molar-refractivity contribution is -0.0517. The van der Waals surface area contributed by atoms with E-state index < -0.39 is 11.2 Å². The number of methoxy groups -OCH3 is 2. The van der Waals surface area contributed by atoms with Crippen molar-refractivity contribution in [3.05, 3.63) is 135 Å². The lowest BCUT2D eigenvalue weighted by Gasteiger charge is -2.30. The van der Waals surface area contributed by atoms with Crippen LogP contribution in [0, 0.1) is 0 Å². The van der Waals surface area contributed by atoms with Gasteiger partial charge in [-0.25, -0.2) is 9.59 Å². The lowest BCUT2D eigenvalue weighted by atomic mass is 9.96. The van der Waals surface area contributed by atoms with Gasteiger partial charge in [-0.3, -0.25) is 4.79 Å². The number of esters is 1. The number of hydrogen-bond donors (Lipinski definition) is 0. The Kier molecular flexibility index (Phi) is 8.54. The molecule has 0 bridgehead atoms. The van der Waals surface area contributed by atoms with Crippen molar-refractivity contribution in [1.82, 2.24) is 0 Å². The molecule has 1 aliphatic rings. The first-order valence-electron chi connectivity index (χ1n) is 14.9. The molecule has 1 atom stereocenters. The normalized spacial score (nSPS) is 13.7. The van der Waals surface area contributed by atoms with Gasteiger partial charge in [0, 0.05) is 41.6 Å². The van der Waals surface area contributed by atoms with Crippen LogP contribution in [0.15, 0.2) is 122 Å². The summed E-state index contributed by atoms with van der Waals surface area (Å²) in [7, 11) is 3.17. The zero-order valence-electron chi connectivity index (χ0n) is 26.3. The van der Waals surface area contributed by atoms with Crippen LogP contribution < -0.4 is 25.3 Å². The van der Waals surface area contributed by atoms with Gasteiger partial charge in [0.25, 0.3) is 0 Å². The van der Waals surface area contributed by atoms with E-state index in [1.165, 1.54) is 12.1 Å². The minimum atomic E-state index is -0.820. The molecule has 0 saturated carbocycles. The van der Waals surface area contributed by atoms with E-state index in [1.807, 2.05) is 50.2 Å². The van der Waals surface area contributed by atoms with E-state index in [1.54, 1.807) is 68.8 Å². The van der Waals surface area contributed by atoms with Crippen LogP contribution in [0.4, 0.5) is 0 Å². The summed E-state index contributed by atoms with van der Waals surface area (Å²) in [6.45, 7) is 3.68. The van der Waals surface area contributed by atoms with Crippen molar-refractivity contribution < 1.29 is 32.6 Å².